The number of amidine groups is 1. The number of nitrogens with two attached hydrogens (primary N) is 1. The maximum absolute atomic E-state index is 8.48. The van der Waals surface area contributed by atoms with Gasteiger partial charge in [-0.1, -0.05) is 5.16 Å². The highest BCUT2D eigenvalue weighted by Crippen LogP contribution is 2.10. The zero-order valence-corrected chi connectivity index (χ0v) is 7.07. The van der Waals surface area contributed by atoms with Crippen LogP contribution < -0.4 is 5.73 Å². The molecule has 0 unspecified atom stereocenters. The van der Waals surface area contributed by atoms with Crippen molar-refractivity contribution in [3.05, 3.63) is 29.1 Å². The molecule has 0 atom stereocenters. The van der Waals surface area contributed by atoms with Gasteiger partial charge in [-0.05, 0) is 25.0 Å². The van der Waals surface area contributed by atoms with Gasteiger partial charge < -0.3 is 10.9 Å². The first-order valence-corrected chi connectivity index (χ1v) is 3.56. The largest absolute Gasteiger partial charge is 0.409 e. The van der Waals surface area contributed by atoms with Crippen LogP contribution >= 0.6 is 0 Å². The Kier molecular flexibility index (Phi) is 2.28. The maximum atomic E-state index is 8.48. The Bertz CT molecular complexity index is 300. The molecule has 0 aliphatic carbocycles. The molecule has 12 heavy (non-hydrogen) atoms. The average Bonchev–Trinajstić information content (AvgIpc) is 2.03. The zero-order chi connectivity index (χ0) is 9.14. The molecule has 0 spiro atoms. The number of nitrogens with zero attached hydrogens (tertiary/aromatic N) is 2. The van der Waals surface area contributed by atoms with Crippen molar-refractivity contribution in [1.29, 1.82) is 0 Å². The van der Waals surface area contributed by atoms with E-state index in [0.29, 0.717) is 0 Å². The van der Waals surface area contributed by atoms with Gasteiger partial charge >= 0.3 is 0 Å². The molecule has 1 rings (SSSR count). The zero-order valence-electron chi connectivity index (χ0n) is 7.07. The first kappa shape index (κ1) is 8.52. The monoisotopic (exact) mass is 165 g/mol. The molecule has 0 aliphatic heterocycles. The molecular formula is C8H11N3O. The highest BCUT2D eigenvalue weighted by molar-refractivity contribution is 5.99. The van der Waals surface area contributed by atoms with Gasteiger partial charge in [0.1, 0.15) is 0 Å². The van der Waals surface area contributed by atoms with E-state index in [2.05, 4.69) is 10.1 Å². The summed E-state index contributed by atoms with van der Waals surface area (Å²) in [5.74, 6) is 0.132. The van der Waals surface area contributed by atoms with Gasteiger partial charge in [-0.15, -0.1) is 0 Å². The van der Waals surface area contributed by atoms with E-state index in [1.807, 2.05) is 13.8 Å². The van der Waals surface area contributed by atoms with Crippen LogP contribution in [0.25, 0.3) is 0 Å². The van der Waals surface area contributed by atoms with Crippen molar-refractivity contribution in [2.45, 2.75) is 13.8 Å². The molecule has 0 fully saturated rings. The lowest BCUT2D eigenvalue weighted by molar-refractivity contribution is 0.318. The molecule has 0 amide bonds. The summed E-state index contributed by atoms with van der Waals surface area (Å²) < 4.78 is 0. The molecule has 0 saturated heterocycles. The minimum absolute atomic E-state index is 0.132. The lowest BCUT2D eigenvalue weighted by atomic mass is 10.1. The van der Waals surface area contributed by atoms with Crippen LogP contribution in [0.4, 0.5) is 0 Å². The molecule has 3 N–H and O–H groups in total. The summed E-state index contributed by atoms with van der Waals surface area (Å²) in [6.45, 7) is 3.74. The van der Waals surface area contributed by atoms with E-state index >= 15 is 0 Å². The third kappa shape index (κ3) is 1.37. The quantitative estimate of drug-likeness (QED) is 0.280. The summed E-state index contributed by atoms with van der Waals surface area (Å²) >= 11 is 0. The fraction of sp³-hybridized carbons (Fsp3) is 0.250. The molecule has 1 aromatic rings. The van der Waals surface area contributed by atoms with Crippen LogP contribution in [0, 0.1) is 13.8 Å². The van der Waals surface area contributed by atoms with Crippen molar-refractivity contribution in [2.75, 3.05) is 0 Å². The summed E-state index contributed by atoms with van der Waals surface area (Å²) in [4.78, 5) is 3.97. The van der Waals surface area contributed by atoms with Gasteiger partial charge in [0, 0.05) is 18.0 Å². The number of aryl methyl sites for hydroxylation is 2. The number of oxime groups is 1. The molecule has 0 radical (unpaired) electrons. The fourth-order valence-corrected chi connectivity index (χ4v) is 1.16. The predicted octanol–water partition coefficient (Wildman–Crippen LogP) is 0.793. The van der Waals surface area contributed by atoms with E-state index in [1.165, 1.54) is 0 Å². The predicted molar refractivity (Wildman–Crippen MR) is 46.2 cm³/mol. The Morgan fingerprint density at radius 1 is 1.42 bits per heavy atom. The van der Waals surface area contributed by atoms with E-state index in [4.69, 9.17) is 10.9 Å². The van der Waals surface area contributed by atoms with Crippen molar-refractivity contribution in [3.8, 4) is 0 Å². The van der Waals surface area contributed by atoms with Crippen molar-refractivity contribution in [1.82, 2.24) is 4.98 Å². The lowest BCUT2D eigenvalue weighted by Gasteiger charge is -2.05. The summed E-state index contributed by atoms with van der Waals surface area (Å²) in [6.07, 6.45) is 3.36. The Labute approximate surface area is 70.7 Å². The smallest absolute Gasteiger partial charge is 0.170 e. The number of hydrogen-bond donors (Lipinski definition) is 2. The van der Waals surface area contributed by atoms with Gasteiger partial charge in [-0.3, -0.25) is 4.98 Å². The number of hydrogen-bond acceptors (Lipinski definition) is 3. The third-order valence-electron chi connectivity index (χ3n) is 1.69. The summed E-state index contributed by atoms with van der Waals surface area (Å²) in [7, 11) is 0. The normalized spacial score (nSPS) is 11.7. The second-order valence-electron chi connectivity index (χ2n) is 2.63. The van der Waals surface area contributed by atoms with E-state index in [-0.39, 0.29) is 5.84 Å². The van der Waals surface area contributed by atoms with Crippen molar-refractivity contribution in [2.24, 2.45) is 10.9 Å². The molecule has 4 heteroatoms. The van der Waals surface area contributed by atoms with Gasteiger partial charge in [0.05, 0.1) is 0 Å². The topological polar surface area (TPSA) is 71.5 Å². The molecular weight excluding hydrogens is 154 g/mol. The number of pyridine rings is 1. The van der Waals surface area contributed by atoms with Crippen LogP contribution in [0.2, 0.25) is 0 Å². The molecule has 1 heterocycles. The third-order valence-corrected chi connectivity index (χ3v) is 1.69. The molecule has 0 bridgehead atoms. The van der Waals surface area contributed by atoms with Crippen molar-refractivity contribution < 1.29 is 5.21 Å². The van der Waals surface area contributed by atoms with Gasteiger partial charge in [0.15, 0.2) is 5.84 Å². The summed E-state index contributed by atoms with van der Waals surface area (Å²) in [6, 6.07) is 0. The average molecular weight is 165 g/mol. The molecule has 0 aromatic carbocycles. The van der Waals surface area contributed by atoms with Crippen LogP contribution in [0.1, 0.15) is 16.7 Å². The number of rotatable bonds is 1. The first-order valence-electron chi connectivity index (χ1n) is 3.56. The summed E-state index contributed by atoms with van der Waals surface area (Å²) in [5.41, 5.74) is 8.04. The van der Waals surface area contributed by atoms with Crippen LogP contribution in [-0.2, 0) is 0 Å². The van der Waals surface area contributed by atoms with Crippen LogP contribution in [0.3, 0.4) is 0 Å². The van der Waals surface area contributed by atoms with Gasteiger partial charge in [-0.25, -0.2) is 0 Å². The highest BCUT2D eigenvalue weighted by atomic mass is 16.4. The summed E-state index contributed by atoms with van der Waals surface area (Å²) in [5, 5.41) is 11.4. The standard InChI is InChI=1S/C8H11N3O/c1-5-3-10-4-6(2)7(5)8(9)11-12/h3-4,12H,1-2H3,(H2,9,11). The minimum Gasteiger partial charge on any atom is -0.409 e. The van der Waals surface area contributed by atoms with E-state index in [1.54, 1.807) is 12.4 Å². The Morgan fingerprint density at radius 2 is 1.92 bits per heavy atom. The second kappa shape index (κ2) is 3.21. The van der Waals surface area contributed by atoms with E-state index in [9.17, 15) is 0 Å². The van der Waals surface area contributed by atoms with E-state index in [0.717, 1.165) is 16.7 Å². The highest BCUT2D eigenvalue weighted by Gasteiger charge is 2.06. The lowest BCUT2D eigenvalue weighted by Crippen LogP contribution is -2.16. The van der Waals surface area contributed by atoms with Crippen LogP contribution in [0.5, 0.6) is 0 Å². The fourth-order valence-electron chi connectivity index (χ4n) is 1.16. The van der Waals surface area contributed by atoms with Crippen LogP contribution in [-0.4, -0.2) is 16.0 Å². The minimum atomic E-state index is 0.132. The van der Waals surface area contributed by atoms with E-state index < -0.39 is 0 Å². The Hall–Kier alpha value is -1.58. The van der Waals surface area contributed by atoms with Crippen LogP contribution in [0.15, 0.2) is 17.5 Å². The molecule has 0 aliphatic rings. The SMILES string of the molecule is Cc1cncc(C)c1C(N)=NO. The second-order valence-corrected chi connectivity index (χ2v) is 2.63. The molecule has 0 saturated carbocycles. The van der Waals surface area contributed by atoms with Gasteiger partial charge in [0.2, 0.25) is 0 Å². The van der Waals surface area contributed by atoms with Crippen molar-refractivity contribution >= 4 is 5.84 Å². The van der Waals surface area contributed by atoms with Gasteiger partial charge in [-0.2, -0.15) is 0 Å². The molecule has 4 nitrogen and oxygen atoms in total. The van der Waals surface area contributed by atoms with Crippen molar-refractivity contribution in [3.63, 3.8) is 0 Å². The maximum Gasteiger partial charge on any atom is 0.170 e. The number of aromatic nitrogens is 1. The molecule has 1 aromatic heterocycles. The molecule has 64 valence electrons. The Morgan fingerprint density at radius 3 is 2.33 bits per heavy atom. The Balaban J connectivity index is 3.31. The first-order chi connectivity index (χ1) is 5.66. The van der Waals surface area contributed by atoms with Gasteiger partial charge in [0.25, 0.3) is 0 Å².